The maximum Gasteiger partial charge on any atom is 0.514 e. The van der Waals surface area contributed by atoms with E-state index in [2.05, 4.69) is 5.32 Å². The maximum atomic E-state index is 12.6. The van der Waals surface area contributed by atoms with Gasteiger partial charge in [-0.25, -0.2) is 9.59 Å². The Balaban J connectivity index is 1.95. The number of nitro groups is 1. The summed E-state index contributed by atoms with van der Waals surface area (Å²) in [6, 6.07) is 9.14. The smallest absolute Gasteiger partial charge is 0.463 e. The number of ether oxygens (including phenoxy) is 9. The fourth-order valence-corrected chi connectivity index (χ4v) is 4.77. The summed E-state index contributed by atoms with van der Waals surface area (Å²) in [5.41, 5.74) is -0.407. The van der Waals surface area contributed by atoms with Gasteiger partial charge in [-0.2, -0.15) is 0 Å². The molecule has 2 aromatic rings. The largest absolute Gasteiger partial charge is 0.514 e. The fraction of sp³-hybridized carbons (Fsp3) is 0.471. The van der Waals surface area contributed by atoms with Gasteiger partial charge >= 0.3 is 36.1 Å². The third-order valence-electron chi connectivity index (χ3n) is 6.74. The van der Waals surface area contributed by atoms with Crippen molar-refractivity contribution < 1.29 is 76.3 Å². The summed E-state index contributed by atoms with van der Waals surface area (Å²) in [6.45, 7) is 8.31. The van der Waals surface area contributed by atoms with Crippen LogP contribution in [0.5, 0.6) is 11.5 Å². The van der Waals surface area contributed by atoms with E-state index in [9.17, 15) is 38.9 Å². The standard InChI is InChI=1S/C34H40N2O17/c1-18(37)45-17-27-28(47-19(2)38)29(48-20(3)39)30(49-21(4)40)31(52-27)51-26-13-8-22(14-23(26)15-35-32(41)53-34(5,6)7)16-46-33(42)50-25-11-9-24(10-12-25)36(43)44/h8-14,27-31H,15-17H2,1-7H3,(H,35,41)/t27-,28+,29+,30-,31-/m1/s1. The molecule has 1 aliphatic rings. The van der Waals surface area contributed by atoms with Crippen molar-refractivity contribution in [2.24, 2.45) is 0 Å². The summed E-state index contributed by atoms with van der Waals surface area (Å²) < 4.78 is 49.2. The Bertz CT molecular complexity index is 1670. The van der Waals surface area contributed by atoms with Gasteiger partial charge in [0.05, 0.1) is 4.92 Å². The number of rotatable bonds is 13. The van der Waals surface area contributed by atoms with Crippen molar-refractivity contribution in [2.75, 3.05) is 6.61 Å². The number of nitrogens with one attached hydrogen (secondary N) is 1. The van der Waals surface area contributed by atoms with Crippen LogP contribution in [0.15, 0.2) is 42.5 Å². The van der Waals surface area contributed by atoms with Gasteiger partial charge in [-0.15, -0.1) is 0 Å². The quantitative estimate of drug-likeness (QED) is 0.101. The van der Waals surface area contributed by atoms with E-state index >= 15 is 0 Å². The molecule has 1 aliphatic heterocycles. The zero-order chi connectivity index (χ0) is 39.5. The summed E-state index contributed by atoms with van der Waals surface area (Å²) in [6.07, 6.45) is -9.25. The second kappa shape index (κ2) is 18.5. The Hall–Kier alpha value is -5.98. The van der Waals surface area contributed by atoms with Gasteiger partial charge in [0.15, 0.2) is 12.2 Å². The number of nitrogens with zero attached hydrogens (tertiary/aromatic N) is 1. The fourth-order valence-electron chi connectivity index (χ4n) is 4.77. The lowest BCUT2D eigenvalue weighted by molar-refractivity contribution is -0.384. The number of hydrogen-bond donors (Lipinski definition) is 1. The Kier molecular flexibility index (Phi) is 14.5. The number of carbonyl (C=O) groups excluding carboxylic acids is 6. The van der Waals surface area contributed by atoms with Crippen LogP contribution in [0.4, 0.5) is 15.3 Å². The number of esters is 4. The molecule has 0 saturated carbocycles. The molecule has 0 unspecified atom stereocenters. The van der Waals surface area contributed by atoms with E-state index in [1.807, 2.05) is 0 Å². The van der Waals surface area contributed by atoms with Gasteiger partial charge in [0.2, 0.25) is 12.4 Å². The number of hydrogen-bond acceptors (Lipinski definition) is 17. The summed E-state index contributed by atoms with van der Waals surface area (Å²) in [4.78, 5) is 83.5. The molecule has 19 nitrogen and oxygen atoms in total. The number of benzene rings is 2. The maximum absolute atomic E-state index is 12.6. The van der Waals surface area contributed by atoms with Crippen molar-refractivity contribution in [3.05, 3.63) is 63.7 Å². The van der Waals surface area contributed by atoms with Gasteiger partial charge in [-0.05, 0) is 50.6 Å². The topological polar surface area (TPSA) is 241 Å². The first-order valence-corrected chi connectivity index (χ1v) is 16.0. The van der Waals surface area contributed by atoms with Crippen molar-refractivity contribution >= 4 is 41.8 Å². The molecular formula is C34H40N2O17. The zero-order valence-electron chi connectivity index (χ0n) is 29.9. The highest BCUT2D eigenvalue weighted by atomic mass is 16.7. The number of non-ortho nitro benzene ring substituents is 1. The Morgan fingerprint density at radius 2 is 1.42 bits per heavy atom. The van der Waals surface area contributed by atoms with Gasteiger partial charge < -0.3 is 47.9 Å². The van der Waals surface area contributed by atoms with E-state index in [1.54, 1.807) is 20.8 Å². The van der Waals surface area contributed by atoms with Crippen LogP contribution < -0.4 is 14.8 Å². The van der Waals surface area contributed by atoms with Crippen LogP contribution in [-0.2, 0) is 65.5 Å². The molecule has 0 spiro atoms. The second-order valence-electron chi connectivity index (χ2n) is 12.4. The lowest BCUT2D eigenvalue weighted by Crippen LogP contribution is -2.63. The van der Waals surface area contributed by atoms with Gasteiger partial charge in [-0.3, -0.25) is 29.3 Å². The molecule has 0 aliphatic carbocycles. The van der Waals surface area contributed by atoms with Gasteiger partial charge in [0.25, 0.3) is 5.69 Å². The van der Waals surface area contributed by atoms with Crippen LogP contribution in [0, 0.1) is 10.1 Å². The minimum absolute atomic E-state index is 0.00332. The number of alkyl carbamates (subject to hydrolysis) is 1. The highest BCUT2D eigenvalue weighted by Gasteiger charge is 2.53. The molecule has 0 bridgehead atoms. The van der Waals surface area contributed by atoms with Crippen LogP contribution >= 0.6 is 0 Å². The molecule has 1 fully saturated rings. The molecule has 3 rings (SSSR count). The molecule has 19 heteroatoms. The molecule has 0 aromatic heterocycles. The van der Waals surface area contributed by atoms with Gasteiger partial charge in [-0.1, -0.05) is 6.07 Å². The first kappa shape index (κ1) is 41.4. The minimum Gasteiger partial charge on any atom is -0.463 e. The molecular weight excluding hydrogens is 708 g/mol. The average molecular weight is 749 g/mol. The van der Waals surface area contributed by atoms with Gasteiger partial charge in [0, 0.05) is 51.9 Å². The van der Waals surface area contributed by atoms with Crippen LogP contribution in [0.25, 0.3) is 0 Å². The normalized spacial score (nSPS) is 19.4. The molecule has 288 valence electrons. The number of amides is 1. The molecule has 0 radical (unpaired) electrons. The van der Waals surface area contributed by atoms with E-state index < -0.39 is 84.0 Å². The average Bonchev–Trinajstić information content (AvgIpc) is 3.04. The monoisotopic (exact) mass is 748 g/mol. The second-order valence-corrected chi connectivity index (χ2v) is 12.4. The number of nitro benzene ring substituents is 1. The summed E-state index contributed by atoms with van der Waals surface area (Å²) >= 11 is 0. The molecule has 2 aromatic carbocycles. The highest BCUT2D eigenvalue weighted by molar-refractivity contribution is 5.69. The van der Waals surface area contributed by atoms with E-state index in [-0.39, 0.29) is 35.9 Å². The Morgan fingerprint density at radius 3 is 1.98 bits per heavy atom. The Labute approximate surface area is 303 Å². The summed E-state index contributed by atoms with van der Waals surface area (Å²) in [7, 11) is 0. The van der Waals surface area contributed by atoms with Crippen LogP contribution in [0.1, 0.15) is 59.6 Å². The third kappa shape index (κ3) is 13.6. The predicted molar refractivity (Wildman–Crippen MR) is 176 cm³/mol. The molecule has 53 heavy (non-hydrogen) atoms. The first-order chi connectivity index (χ1) is 24.8. The predicted octanol–water partition coefficient (Wildman–Crippen LogP) is 3.80. The first-order valence-electron chi connectivity index (χ1n) is 16.0. The zero-order valence-corrected chi connectivity index (χ0v) is 29.9. The van der Waals surface area contributed by atoms with Crippen molar-refractivity contribution in [1.82, 2.24) is 5.32 Å². The SMILES string of the molecule is CC(=O)OC[C@H]1O[C@@H](Oc2ccc(COC(=O)Oc3ccc([N+](=O)[O-])cc3)cc2CNC(=O)OC(C)(C)C)[C@H](OC(C)=O)[C@@H](OC(C)=O)[C@H]1OC(C)=O. The van der Waals surface area contributed by atoms with E-state index in [0.717, 1.165) is 39.8 Å². The highest BCUT2D eigenvalue weighted by Crippen LogP contribution is 2.32. The number of carbonyl (C=O) groups is 6. The van der Waals surface area contributed by atoms with Crippen molar-refractivity contribution in [2.45, 2.75) is 97.9 Å². The third-order valence-corrected chi connectivity index (χ3v) is 6.74. The molecule has 1 N–H and O–H groups in total. The van der Waals surface area contributed by atoms with Crippen molar-refractivity contribution in [3.8, 4) is 11.5 Å². The van der Waals surface area contributed by atoms with Crippen molar-refractivity contribution in [3.63, 3.8) is 0 Å². The molecule has 1 amide bonds. The van der Waals surface area contributed by atoms with Crippen LogP contribution in [-0.4, -0.2) is 84.0 Å². The van der Waals surface area contributed by atoms with Crippen LogP contribution in [0.2, 0.25) is 0 Å². The van der Waals surface area contributed by atoms with Crippen molar-refractivity contribution in [1.29, 1.82) is 0 Å². The molecule has 1 heterocycles. The molecule has 5 atom stereocenters. The van der Waals surface area contributed by atoms with Gasteiger partial charge in [0.1, 0.15) is 36.4 Å². The van der Waals surface area contributed by atoms with Crippen LogP contribution in [0.3, 0.4) is 0 Å². The Morgan fingerprint density at radius 1 is 0.811 bits per heavy atom. The van der Waals surface area contributed by atoms with E-state index in [0.29, 0.717) is 5.56 Å². The lowest BCUT2D eigenvalue weighted by Gasteiger charge is -2.44. The van der Waals surface area contributed by atoms with E-state index in [4.69, 9.17) is 42.6 Å². The molecule has 1 saturated heterocycles. The summed E-state index contributed by atoms with van der Waals surface area (Å²) in [5.74, 6) is -3.17. The minimum atomic E-state index is -1.59. The van der Waals surface area contributed by atoms with E-state index in [1.165, 1.54) is 30.3 Å². The lowest BCUT2D eigenvalue weighted by atomic mass is 9.98. The summed E-state index contributed by atoms with van der Waals surface area (Å²) in [5, 5.41) is 13.5.